The average Bonchev–Trinajstić information content (AvgIpc) is 3.26. The molecule has 7 nitrogen and oxygen atoms in total. The van der Waals surface area contributed by atoms with E-state index in [1.165, 1.54) is 22.7 Å². The summed E-state index contributed by atoms with van der Waals surface area (Å²) in [6.45, 7) is 1.79. The summed E-state index contributed by atoms with van der Waals surface area (Å²) < 4.78 is 10.8. The second kappa shape index (κ2) is 8.76. The summed E-state index contributed by atoms with van der Waals surface area (Å²) in [7, 11) is 0. The predicted octanol–water partition coefficient (Wildman–Crippen LogP) is 5.83. The van der Waals surface area contributed by atoms with Crippen LogP contribution in [0.1, 0.15) is 46.9 Å². The van der Waals surface area contributed by atoms with Gasteiger partial charge in [-0.05, 0) is 60.8 Å². The van der Waals surface area contributed by atoms with Crippen LogP contribution in [-0.4, -0.2) is 21.5 Å². The maximum Gasteiger partial charge on any atom is 0.412 e. The smallest absolute Gasteiger partial charge is 0.412 e. The summed E-state index contributed by atoms with van der Waals surface area (Å²) in [6.07, 6.45) is 0.318. The van der Waals surface area contributed by atoms with Gasteiger partial charge in [0.2, 0.25) is 0 Å². The van der Waals surface area contributed by atoms with Gasteiger partial charge in [-0.15, -0.1) is 22.7 Å². The number of nitrogens with zero attached hydrogens (tertiary/aromatic N) is 1. The molecule has 5 rings (SSSR count). The lowest BCUT2D eigenvalue weighted by Gasteiger charge is -2.14. The third-order valence-corrected chi connectivity index (χ3v) is 8.83. The normalized spacial score (nSPS) is 14.7. The van der Waals surface area contributed by atoms with E-state index in [1.807, 2.05) is 42.5 Å². The van der Waals surface area contributed by atoms with Gasteiger partial charge in [0.1, 0.15) is 22.2 Å². The molecule has 1 saturated carbocycles. The molecule has 0 aliphatic heterocycles. The summed E-state index contributed by atoms with van der Waals surface area (Å²) >= 11 is 4.08. The minimum atomic E-state index is -0.751. The molecule has 34 heavy (non-hydrogen) atoms. The first-order valence-electron chi connectivity index (χ1n) is 10.4. The number of carbonyl (C=O) groups is 2. The molecule has 3 heterocycles. The van der Waals surface area contributed by atoms with Crippen LogP contribution in [0.4, 0.5) is 15.5 Å². The van der Waals surface area contributed by atoms with Crippen LogP contribution in [0.25, 0.3) is 9.40 Å². The van der Waals surface area contributed by atoms with Gasteiger partial charge in [0.25, 0.3) is 0 Å². The highest BCUT2D eigenvalue weighted by molar-refractivity contribution is 7.38. The number of hydrogen-bond acceptors (Lipinski definition) is 8. The number of hydrogen-bond donors (Lipinski definition) is 3. The number of fused-ring (bicyclic) bond motifs is 1. The van der Waals surface area contributed by atoms with Crippen molar-refractivity contribution in [3.63, 3.8) is 0 Å². The third-order valence-electron chi connectivity index (χ3n) is 5.65. The SMILES string of the molecule is CC(OC(=O)Nc1c(C#Cc2cc3cc(C4(C(=O)O)CC4)sc3s2)nsc1N)c1ccccc1. The first kappa shape index (κ1) is 22.4. The lowest BCUT2D eigenvalue weighted by atomic mass is 10.1. The molecule has 4 N–H and O–H groups in total. The van der Waals surface area contributed by atoms with Crippen molar-refractivity contribution in [3.05, 3.63) is 63.5 Å². The Morgan fingerprint density at radius 2 is 1.97 bits per heavy atom. The standard InChI is InChI=1S/C24H19N3O4S3/c1-13(14-5-3-2-4-6-14)31-23(30)26-19-17(27-34-20(19)25)8-7-16-11-15-12-18(33-21(15)32-16)24(9-10-24)22(28)29/h2-6,11-13H,9-10,25H2,1H3,(H,26,30)(H,28,29). The largest absolute Gasteiger partial charge is 0.481 e. The van der Waals surface area contributed by atoms with E-state index in [4.69, 9.17) is 10.5 Å². The van der Waals surface area contributed by atoms with E-state index >= 15 is 0 Å². The highest BCUT2D eigenvalue weighted by atomic mass is 32.2. The van der Waals surface area contributed by atoms with Crippen molar-refractivity contribution in [2.75, 3.05) is 11.1 Å². The maximum absolute atomic E-state index is 12.4. The van der Waals surface area contributed by atoms with E-state index in [9.17, 15) is 14.7 Å². The predicted molar refractivity (Wildman–Crippen MR) is 136 cm³/mol. The molecule has 0 radical (unpaired) electrons. The van der Waals surface area contributed by atoms with Crippen LogP contribution < -0.4 is 11.1 Å². The number of aliphatic carboxylic acids is 1. The summed E-state index contributed by atoms with van der Waals surface area (Å²) in [6, 6.07) is 13.3. The third kappa shape index (κ3) is 4.25. The van der Waals surface area contributed by atoms with Crippen molar-refractivity contribution < 1.29 is 19.4 Å². The van der Waals surface area contributed by atoms with Crippen LogP contribution in [0.2, 0.25) is 0 Å². The molecule has 1 aliphatic rings. The van der Waals surface area contributed by atoms with E-state index in [2.05, 4.69) is 21.5 Å². The monoisotopic (exact) mass is 509 g/mol. The molecule has 1 atom stereocenters. The zero-order valence-electron chi connectivity index (χ0n) is 18.0. The van der Waals surface area contributed by atoms with Crippen LogP contribution in [0.3, 0.4) is 0 Å². The van der Waals surface area contributed by atoms with Crippen LogP contribution in [0.15, 0.2) is 42.5 Å². The van der Waals surface area contributed by atoms with Gasteiger partial charge in [0, 0.05) is 10.3 Å². The highest BCUT2D eigenvalue weighted by Crippen LogP contribution is 2.52. The van der Waals surface area contributed by atoms with Crippen LogP contribution in [0, 0.1) is 11.8 Å². The zero-order valence-corrected chi connectivity index (χ0v) is 20.4. The molecule has 10 heteroatoms. The number of carbonyl (C=O) groups excluding carboxylic acids is 1. The lowest BCUT2D eigenvalue weighted by molar-refractivity contribution is -0.139. The van der Waals surface area contributed by atoms with E-state index in [0.717, 1.165) is 36.3 Å². The number of amides is 1. The Balaban J connectivity index is 1.30. The lowest BCUT2D eigenvalue weighted by Crippen LogP contribution is -2.17. The van der Waals surface area contributed by atoms with Crippen molar-refractivity contribution in [3.8, 4) is 11.8 Å². The van der Waals surface area contributed by atoms with Crippen molar-refractivity contribution in [1.29, 1.82) is 0 Å². The molecule has 1 aliphatic carbocycles. The summed E-state index contributed by atoms with van der Waals surface area (Å²) in [5.41, 5.74) is 6.90. The van der Waals surface area contributed by atoms with Gasteiger partial charge >= 0.3 is 12.1 Å². The van der Waals surface area contributed by atoms with Crippen molar-refractivity contribution in [2.24, 2.45) is 0 Å². The number of rotatable bonds is 5. The number of carboxylic acids is 1. The maximum atomic E-state index is 12.4. The number of benzene rings is 1. The topological polar surface area (TPSA) is 115 Å². The minimum absolute atomic E-state index is 0.334. The Bertz CT molecular complexity index is 1420. The number of nitrogens with two attached hydrogens (primary N) is 1. The Morgan fingerprint density at radius 1 is 1.21 bits per heavy atom. The van der Waals surface area contributed by atoms with Gasteiger partial charge in [-0.25, -0.2) is 4.79 Å². The van der Waals surface area contributed by atoms with E-state index in [1.54, 1.807) is 6.92 Å². The quantitative estimate of drug-likeness (QED) is 0.292. The van der Waals surface area contributed by atoms with Gasteiger partial charge in [-0.2, -0.15) is 4.37 Å². The first-order valence-corrected chi connectivity index (χ1v) is 12.8. The fraction of sp³-hybridized carbons (Fsp3) is 0.208. The average molecular weight is 510 g/mol. The molecule has 3 aromatic heterocycles. The fourth-order valence-electron chi connectivity index (χ4n) is 3.54. The number of ether oxygens (including phenoxy) is 1. The van der Waals surface area contributed by atoms with Crippen LogP contribution in [-0.2, 0) is 14.9 Å². The number of nitrogen functional groups attached to an aromatic ring is 1. The fourth-order valence-corrected chi connectivity index (χ4v) is 6.64. The van der Waals surface area contributed by atoms with Crippen molar-refractivity contribution >= 4 is 66.4 Å². The Hall–Kier alpha value is -3.39. The molecule has 0 saturated heterocycles. The molecule has 4 aromatic rings. The van der Waals surface area contributed by atoms with E-state index in [0.29, 0.717) is 29.2 Å². The minimum Gasteiger partial charge on any atom is -0.481 e. The van der Waals surface area contributed by atoms with Crippen molar-refractivity contribution in [2.45, 2.75) is 31.3 Å². The van der Waals surface area contributed by atoms with Gasteiger partial charge in [-0.1, -0.05) is 30.3 Å². The van der Waals surface area contributed by atoms with E-state index in [-0.39, 0.29) is 0 Å². The Labute approximate surface area is 207 Å². The molecule has 1 unspecified atom stereocenters. The number of nitrogens with one attached hydrogen (secondary N) is 1. The summed E-state index contributed by atoms with van der Waals surface area (Å²) in [5.74, 6) is 5.32. The van der Waals surface area contributed by atoms with Gasteiger partial charge in [0.05, 0.1) is 8.89 Å². The van der Waals surface area contributed by atoms with Gasteiger partial charge in [-0.3, -0.25) is 10.1 Å². The van der Waals surface area contributed by atoms with Gasteiger partial charge in [0.15, 0.2) is 5.69 Å². The number of anilines is 2. The molecular formula is C24H19N3O4S3. The molecule has 1 fully saturated rings. The second-order valence-electron chi connectivity index (χ2n) is 7.96. The first-order chi connectivity index (χ1) is 16.4. The van der Waals surface area contributed by atoms with Gasteiger partial charge < -0.3 is 15.6 Å². The summed E-state index contributed by atoms with van der Waals surface area (Å²) in [4.78, 5) is 25.7. The molecule has 1 amide bonds. The molecular weight excluding hydrogens is 490 g/mol. The Kier molecular flexibility index (Phi) is 5.77. The van der Waals surface area contributed by atoms with E-state index < -0.39 is 23.6 Å². The molecule has 0 spiro atoms. The Morgan fingerprint density at radius 3 is 2.65 bits per heavy atom. The molecule has 1 aromatic carbocycles. The second-order valence-corrected chi connectivity index (χ2v) is 11.1. The molecule has 172 valence electrons. The van der Waals surface area contributed by atoms with Crippen LogP contribution >= 0.6 is 34.2 Å². The zero-order chi connectivity index (χ0) is 23.9. The number of carboxylic acid groups (broad SMARTS) is 1. The number of aromatic nitrogens is 1. The van der Waals surface area contributed by atoms with Crippen molar-refractivity contribution in [1.82, 2.24) is 4.37 Å². The number of thiophene rings is 2. The highest BCUT2D eigenvalue weighted by Gasteiger charge is 2.53. The van der Waals surface area contributed by atoms with Crippen LogP contribution in [0.5, 0.6) is 0 Å². The summed E-state index contributed by atoms with van der Waals surface area (Å²) in [5, 5.41) is 13.5. The molecule has 0 bridgehead atoms.